The van der Waals surface area contributed by atoms with E-state index in [1.165, 1.54) is 12.1 Å². The summed E-state index contributed by atoms with van der Waals surface area (Å²) in [6.45, 7) is 3.06. The standard InChI is InChI=1S/C21H23FN4O/c1-15(27-18-9-7-17(22)8-10-18)13-25-21(23-2)26-14-20-19-6-4-3-5-16(19)11-12-24-20/h3-12,15H,13-14H2,1-2H3,(H2,23,25,26). The van der Waals surface area contributed by atoms with Crippen LogP contribution in [-0.2, 0) is 6.54 Å². The van der Waals surface area contributed by atoms with Crippen LogP contribution in [0, 0.1) is 5.82 Å². The van der Waals surface area contributed by atoms with E-state index in [9.17, 15) is 4.39 Å². The third kappa shape index (κ3) is 5.17. The van der Waals surface area contributed by atoms with E-state index in [2.05, 4.69) is 32.7 Å². The molecule has 5 nitrogen and oxygen atoms in total. The third-order valence-electron chi connectivity index (χ3n) is 4.11. The Balaban J connectivity index is 1.52. The van der Waals surface area contributed by atoms with Crippen LogP contribution in [0.2, 0.25) is 0 Å². The molecular formula is C21H23FN4O. The van der Waals surface area contributed by atoms with Gasteiger partial charge in [-0.3, -0.25) is 9.98 Å². The number of aliphatic imine (C=N–C) groups is 1. The second kappa shape index (κ2) is 8.98. The number of hydrogen-bond acceptors (Lipinski definition) is 3. The molecule has 0 aliphatic heterocycles. The number of aromatic nitrogens is 1. The Hall–Kier alpha value is -3.15. The Morgan fingerprint density at radius 2 is 1.89 bits per heavy atom. The van der Waals surface area contributed by atoms with E-state index in [1.807, 2.05) is 31.3 Å². The van der Waals surface area contributed by atoms with Crippen molar-refractivity contribution in [2.24, 2.45) is 4.99 Å². The third-order valence-corrected chi connectivity index (χ3v) is 4.11. The van der Waals surface area contributed by atoms with E-state index in [0.29, 0.717) is 24.8 Å². The number of hydrogen-bond donors (Lipinski definition) is 2. The van der Waals surface area contributed by atoms with Crippen molar-refractivity contribution in [3.8, 4) is 5.75 Å². The van der Waals surface area contributed by atoms with Gasteiger partial charge in [-0.1, -0.05) is 24.3 Å². The molecule has 1 unspecified atom stereocenters. The molecule has 2 N–H and O–H groups in total. The molecular weight excluding hydrogens is 343 g/mol. The highest BCUT2D eigenvalue weighted by atomic mass is 19.1. The summed E-state index contributed by atoms with van der Waals surface area (Å²) >= 11 is 0. The minimum atomic E-state index is -0.278. The first-order valence-electron chi connectivity index (χ1n) is 8.85. The van der Waals surface area contributed by atoms with Gasteiger partial charge in [-0.15, -0.1) is 0 Å². The molecule has 0 amide bonds. The van der Waals surface area contributed by atoms with Gasteiger partial charge in [0.2, 0.25) is 0 Å². The highest BCUT2D eigenvalue weighted by Crippen LogP contribution is 2.16. The lowest BCUT2D eigenvalue weighted by molar-refractivity contribution is 0.223. The van der Waals surface area contributed by atoms with Crippen molar-refractivity contribution in [2.45, 2.75) is 19.6 Å². The topological polar surface area (TPSA) is 58.5 Å². The lowest BCUT2D eigenvalue weighted by Crippen LogP contribution is -2.41. The summed E-state index contributed by atoms with van der Waals surface area (Å²) in [5, 5.41) is 8.79. The number of guanidine groups is 1. The molecule has 0 bridgehead atoms. The van der Waals surface area contributed by atoms with Gasteiger partial charge in [0.15, 0.2) is 5.96 Å². The number of fused-ring (bicyclic) bond motifs is 1. The maximum absolute atomic E-state index is 12.9. The fourth-order valence-electron chi connectivity index (χ4n) is 2.74. The molecule has 0 saturated heterocycles. The number of benzene rings is 2. The zero-order chi connectivity index (χ0) is 19.1. The number of halogens is 1. The molecule has 1 aromatic heterocycles. The molecule has 0 aliphatic rings. The zero-order valence-corrected chi connectivity index (χ0v) is 15.4. The van der Waals surface area contributed by atoms with E-state index < -0.39 is 0 Å². The van der Waals surface area contributed by atoms with Gasteiger partial charge in [0.05, 0.1) is 18.8 Å². The summed E-state index contributed by atoms with van der Waals surface area (Å²) in [5.41, 5.74) is 0.965. The molecule has 1 heterocycles. The van der Waals surface area contributed by atoms with E-state index in [1.54, 1.807) is 19.2 Å². The first kappa shape index (κ1) is 18.6. The van der Waals surface area contributed by atoms with Gasteiger partial charge < -0.3 is 15.4 Å². The van der Waals surface area contributed by atoms with Crippen molar-refractivity contribution >= 4 is 16.7 Å². The summed E-state index contributed by atoms with van der Waals surface area (Å²) in [6.07, 6.45) is 1.71. The Morgan fingerprint density at radius 1 is 1.11 bits per heavy atom. The van der Waals surface area contributed by atoms with Crippen LogP contribution in [0.4, 0.5) is 4.39 Å². The predicted octanol–water partition coefficient (Wildman–Crippen LogP) is 3.51. The number of nitrogens with zero attached hydrogens (tertiary/aromatic N) is 2. The second-order valence-corrected chi connectivity index (χ2v) is 6.17. The molecule has 0 fully saturated rings. The normalized spacial score (nSPS) is 12.6. The second-order valence-electron chi connectivity index (χ2n) is 6.17. The van der Waals surface area contributed by atoms with Gasteiger partial charge >= 0.3 is 0 Å². The number of pyridine rings is 1. The van der Waals surface area contributed by atoms with E-state index >= 15 is 0 Å². The van der Waals surface area contributed by atoms with E-state index in [4.69, 9.17) is 4.74 Å². The molecule has 2 aromatic carbocycles. The van der Waals surface area contributed by atoms with Crippen LogP contribution in [0.25, 0.3) is 10.8 Å². The van der Waals surface area contributed by atoms with Gasteiger partial charge in [-0.05, 0) is 42.6 Å². The van der Waals surface area contributed by atoms with Crippen LogP contribution in [0.5, 0.6) is 5.75 Å². The number of rotatable bonds is 6. The minimum Gasteiger partial charge on any atom is -0.489 e. The fourth-order valence-corrected chi connectivity index (χ4v) is 2.74. The number of nitrogens with one attached hydrogen (secondary N) is 2. The summed E-state index contributed by atoms with van der Waals surface area (Å²) in [4.78, 5) is 8.71. The average molecular weight is 366 g/mol. The Kier molecular flexibility index (Phi) is 6.20. The summed E-state index contributed by atoms with van der Waals surface area (Å²) in [6, 6.07) is 16.2. The van der Waals surface area contributed by atoms with Crippen LogP contribution in [0.3, 0.4) is 0 Å². The fraction of sp³-hybridized carbons (Fsp3) is 0.238. The largest absolute Gasteiger partial charge is 0.489 e. The lowest BCUT2D eigenvalue weighted by atomic mass is 10.1. The maximum atomic E-state index is 12.9. The van der Waals surface area contributed by atoms with E-state index in [-0.39, 0.29) is 11.9 Å². The first-order valence-corrected chi connectivity index (χ1v) is 8.85. The lowest BCUT2D eigenvalue weighted by Gasteiger charge is -2.18. The van der Waals surface area contributed by atoms with Gasteiger partial charge in [-0.2, -0.15) is 0 Å². The van der Waals surface area contributed by atoms with Crippen LogP contribution in [-0.4, -0.2) is 30.6 Å². The summed E-state index contributed by atoms with van der Waals surface area (Å²) < 4.78 is 18.7. The van der Waals surface area contributed by atoms with Crippen molar-refractivity contribution in [3.05, 3.63) is 72.3 Å². The van der Waals surface area contributed by atoms with Gasteiger partial charge in [-0.25, -0.2) is 4.39 Å². The Bertz CT molecular complexity index is 906. The quantitative estimate of drug-likeness (QED) is 0.518. The maximum Gasteiger partial charge on any atom is 0.191 e. The Labute approximate surface area is 158 Å². The van der Waals surface area contributed by atoms with Crippen molar-refractivity contribution in [2.75, 3.05) is 13.6 Å². The van der Waals surface area contributed by atoms with Crippen LogP contribution < -0.4 is 15.4 Å². The average Bonchev–Trinajstić information content (AvgIpc) is 2.70. The van der Waals surface area contributed by atoms with Crippen LogP contribution in [0.1, 0.15) is 12.6 Å². The summed E-state index contributed by atoms with van der Waals surface area (Å²) in [5.74, 6) is 1.02. The van der Waals surface area contributed by atoms with Gasteiger partial charge in [0.1, 0.15) is 17.7 Å². The molecule has 3 rings (SSSR count). The van der Waals surface area contributed by atoms with Crippen LogP contribution in [0.15, 0.2) is 65.8 Å². The van der Waals surface area contributed by atoms with Crippen molar-refractivity contribution < 1.29 is 9.13 Å². The highest BCUT2D eigenvalue weighted by molar-refractivity contribution is 5.85. The number of ether oxygens (including phenoxy) is 1. The molecule has 6 heteroatoms. The highest BCUT2D eigenvalue weighted by Gasteiger charge is 2.07. The summed E-state index contributed by atoms with van der Waals surface area (Å²) in [7, 11) is 1.72. The van der Waals surface area contributed by atoms with Crippen molar-refractivity contribution in [1.29, 1.82) is 0 Å². The molecule has 27 heavy (non-hydrogen) atoms. The van der Waals surface area contributed by atoms with Gasteiger partial charge in [0.25, 0.3) is 0 Å². The predicted molar refractivity (Wildman–Crippen MR) is 106 cm³/mol. The molecule has 3 aromatic rings. The zero-order valence-electron chi connectivity index (χ0n) is 15.4. The Morgan fingerprint density at radius 3 is 2.67 bits per heavy atom. The van der Waals surface area contributed by atoms with E-state index in [0.717, 1.165) is 16.5 Å². The monoisotopic (exact) mass is 366 g/mol. The van der Waals surface area contributed by atoms with Crippen molar-refractivity contribution in [1.82, 2.24) is 15.6 Å². The molecule has 140 valence electrons. The SMILES string of the molecule is CN=C(NCc1nccc2ccccc12)NCC(C)Oc1ccc(F)cc1. The minimum absolute atomic E-state index is 0.107. The smallest absolute Gasteiger partial charge is 0.191 e. The molecule has 0 saturated carbocycles. The molecule has 1 atom stereocenters. The van der Waals surface area contributed by atoms with Gasteiger partial charge in [0, 0.05) is 18.6 Å². The molecule has 0 radical (unpaired) electrons. The van der Waals surface area contributed by atoms with Crippen LogP contribution >= 0.6 is 0 Å². The first-order chi connectivity index (χ1) is 13.2. The van der Waals surface area contributed by atoms with Crippen molar-refractivity contribution in [3.63, 3.8) is 0 Å². The molecule has 0 aliphatic carbocycles. The molecule has 0 spiro atoms.